The number of aromatic nitrogens is 6. The van der Waals surface area contributed by atoms with Gasteiger partial charge in [0.05, 0.1) is 11.6 Å². The topological polar surface area (TPSA) is 118 Å². The Labute approximate surface area is 208 Å². The van der Waals surface area contributed by atoms with Gasteiger partial charge < -0.3 is 5.11 Å². The fourth-order valence-corrected chi connectivity index (χ4v) is 4.50. The number of halogens is 1. The number of hydrogen-bond acceptors (Lipinski definition) is 6. The number of nitrogens with zero attached hydrogens (tertiary/aromatic N) is 5. The van der Waals surface area contributed by atoms with Crippen molar-refractivity contribution in [1.82, 2.24) is 30.6 Å². The lowest BCUT2D eigenvalue weighted by atomic mass is 9.92. The summed E-state index contributed by atoms with van der Waals surface area (Å²) >= 11 is 6.53. The Hall–Kier alpha value is -3.65. The third kappa shape index (κ3) is 5.54. The van der Waals surface area contributed by atoms with Crippen molar-refractivity contribution >= 4 is 17.6 Å². The van der Waals surface area contributed by atoms with Gasteiger partial charge in [-0.3, -0.25) is 4.79 Å². The van der Waals surface area contributed by atoms with Gasteiger partial charge in [0.15, 0.2) is 0 Å². The predicted octanol–water partition coefficient (Wildman–Crippen LogP) is 5.49. The Bertz CT molecular complexity index is 1290. The molecular weight excluding hydrogens is 464 g/mol. The minimum Gasteiger partial charge on any atom is -0.481 e. The van der Waals surface area contributed by atoms with Gasteiger partial charge in [-0.2, -0.15) is 5.21 Å². The monoisotopic (exact) mass is 490 g/mol. The molecule has 0 amide bonds. The number of nitrogens with one attached hydrogen (secondary N) is 1. The van der Waals surface area contributed by atoms with Crippen LogP contribution in [-0.2, 0) is 17.6 Å². The zero-order valence-corrected chi connectivity index (χ0v) is 20.5. The van der Waals surface area contributed by atoms with Gasteiger partial charge in [0.1, 0.15) is 11.0 Å². The number of aryl methyl sites for hydroxylation is 1. The van der Waals surface area contributed by atoms with Gasteiger partial charge in [-0.1, -0.05) is 80.4 Å². The van der Waals surface area contributed by atoms with E-state index in [1.54, 1.807) is 0 Å². The van der Waals surface area contributed by atoms with Crippen molar-refractivity contribution in [3.63, 3.8) is 0 Å². The van der Waals surface area contributed by atoms with Gasteiger partial charge >= 0.3 is 5.97 Å². The molecule has 0 radical (unpaired) electrons. The van der Waals surface area contributed by atoms with Crippen LogP contribution in [-0.4, -0.2) is 41.7 Å². The molecule has 1 atom stereocenters. The second-order valence-electron chi connectivity index (χ2n) is 8.35. The largest absolute Gasteiger partial charge is 0.481 e. The third-order valence-electron chi connectivity index (χ3n) is 5.98. The predicted molar refractivity (Wildman–Crippen MR) is 134 cm³/mol. The SMILES string of the molecule is CCCCc1nc(Cl)c(C(CC)C(=O)O)c(Cc2ccc(-c3ccccc3-c3nn[nH]n3)cc2)n1. The summed E-state index contributed by atoms with van der Waals surface area (Å²) in [5, 5.41) is 24.4. The van der Waals surface area contributed by atoms with Crippen LogP contribution in [0.1, 0.15) is 61.7 Å². The van der Waals surface area contributed by atoms with E-state index in [9.17, 15) is 9.90 Å². The van der Waals surface area contributed by atoms with E-state index in [0.29, 0.717) is 42.2 Å². The van der Waals surface area contributed by atoms with Crippen LogP contribution in [0, 0.1) is 0 Å². The highest BCUT2D eigenvalue weighted by Gasteiger charge is 2.26. The molecule has 180 valence electrons. The van der Waals surface area contributed by atoms with Gasteiger partial charge in [-0.25, -0.2) is 9.97 Å². The summed E-state index contributed by atoms with van der Waals surface area (Å²) in [5.41, 5.74) is 5.06. The Morgan fingerprint density at radius 1 is 1.06 bits per heavy atom. The summed E-state index contributed by atoms with van der Waals surface area (Å²) in [5.74, 6) is -0.488. The number of tetrazole rings is 1. The zero-order valence-electron chi connectivity index (χ0n) is 19.7. The first-order chi connectivity index (χ1) is 17.0. The van der Waals surface area contributed by atoms with E-state index in [1.165, 1.54) is 0 Å². The first kappa shape index (κ1) is 24.5. The van der Waals surface area contributed by atoms with Crippen LogP contribution in [0.15, 0.2) is 48.5 Å². The van der Waals surface area contributed by atoms with E-state index >= 15 is 0 Å². The number of carboxylic acid groups (broad SMARTS) is 1. The second-order valence-corrected chi connectivity index (χ2v) is 8.71. The van der Waals surface area contributed by atoms with Crippen molar-refractivity contribution in [2.75, 3.05) is 0 Å². The van der Waals surface area contributed by atoms with Crippen LogP contribution >= 0.6 is 11.6 Å². The molecule has 2 N–H and O–H groups in total. The van der Waals surface area contributed by atoms with Crippen molar-refractivity contribution < 1.29 is 9.90 Å². The average Bonchev–Trinajstić information content (AvgIpc) is 3.40. The van der Waals surface area contributed by atoms with Crippen LogP contribution < -0.4 is 0 Å². The van der Waals surface area contributed by atoms with E-state index in [2.05, 4.69) is 32.5 Å². The van der Waals surface area contributed by atoms with Crippen molar-refractivity contribution in [1.29, 1.82) is 0 Å². The van der Waals surface area contributed by atoms with Crippen LogP contribution in [0.25, 0.3) is 22.5 Å². The zero-order chi connectivity index (χ0) is 24.8. The van der Waals surface area contributed by atoms with Crippen molar-refractivity contribution in [2.45, 2.75) is 51.9 Å². The second kappa shape index (κ2) is 11.2. The highest BCUT2D eigenvalue weighted by atomic mass is 35.5. The molecule has 0 saturated carbocycles. The van der Waals surface area contributed by atoms with E-state index < -0.39 is 11.9 Å². The Balaban J connectivity index is 1.68. The maximum absolute atomic E-state index is 11.9. The van der Waals surface area contributed by atoms with Crippen LogP contribution in [0.2, 0.25) is 5.15 Å². The van der Waals surface area contributed by atoms with Crippen LogP contribution in [0.5, 0.6) is 0 Å². The fourth-order valence-electron chi connectivity index (χ4n) is 4.16. The highest BCUT2D eigenvalue weighted by Crippen LogP contribution is 2.32. The summed E-state index contributed by atoms with van der Waals surface area (Å²) in [7, 11) is 0. The minimum atomic E-state index is -0.922. The number of aromatic amines is 1. The number of rotatable bonds is 10. The molecule has 0 fully saturated rings. The quantitative estimate of drug-likeness (QED) is 0.282. The number of benzene rings is 2. The molecule has 2 aromatic carbocycles. The average molecular weight is 491 g/mol. The van der Waals surface area contributed by atoms with Gasteiger partial charge in [-0.15, -0.1) is 10.2 Å². The molecule has 0 aliphatic carbocycles. The molecular formula is C26H27ClN6O2. The van der Waals surface area contributed by atoms with Crippen molar-refractivity contribution in [3.05, 3.63) is 76.3 Å². The number of hydrogen-bond donors (Lipinski definition) is 2. The first-order valence-electron chi connectivity index (χ1n) is 11.7. The summed E-state index contributed by atoms with van der Waals surface area (Å²) < 4.78 is 0. The van der Waals surface area contributed by atoms with Crippen LogP contribution in [0.4, 0.5) is 0 Å². The number of carboxylic acids is 1. The molecule has 4 aromatic rings. The summed E-state index contributed by atoms with van der Waals surface area (Å²) in [6, 6.07) is 16.0. The maximum atomic E-state index is 11.9. The number of carbonyl (C=O) groups is 1. The maximum Gasteiger partial charge on any atom is 0.311 e. The summed E-state index contributed by atoms with van der Waals surface area (Å²) in [6.45, 7) is 3.94. The first-order valence-corrected chi connectivity index (χ1v) is 12.1. The molecule has 2 heterocycles. The molecule has 0 saturated heterocycles. The van der Waals surface area contributed by atoms with E-state index in [0.717, 1.165) is 35.1 Å². The number of unbranched alkanes of at least 4 members (excludes halogenated alkanes) is 1. The molecule has 2 aromatic heterocycles. The van der Waals surface area contributed by atoms with Gasteiger partial charge in [0.25, 0.3) is 0 Å². The molecule has 1 unspecified atom stereocenters. The number of H-pyrrole nitrogens is 1. The van der Waals surface area contributed by atoms with E-state index in [-0.39, 0.29) is 5.15 Å². The number of aliphatic carboxylic acids is 1. The molecule has 9 heteroatoms. The summed E-state index contributed by atoms with van der Waals surface area (Å²) in [6.07, 6.45) is 3.54. The smallest absolute Gasteiger partial charge is 0.311 e. The Morgan fingerprint density at radius 3 is 2.43 bits per heavy atom. The third-order valence-corrected chi connectivity index (χ3v) is 6.27. The Morgan fingerprint density at radius 2 is 1.80 bits per heavy atom. The molecule has 8 nitrogen and oxygen atoms in total. The summed E-state index contributed by atoms with van der Waals surface area (Å²) in [4.78, 5) is 21.1. The van der Waals surface area contributed by atoms with Gasteiger partial charge in [0, 0.05) is 24.0 Å². The molecule has 4 rings (SSSR count). The van der Waals surface area contributed by atoms with E-state index in [1.807, 2.05) is 55.5 Å². The molecule has 0 bridgehead atoms. The fraction of sp³-hybridized carbons (Fsp3) is 0.308. The van der Waals surface area contributed by atoms with Gasteiger partial charge in [0.2, 0.25) is 5.82 Å². The molecule has 0 aliphatic rings. The molecule has 35 heavy (non-hydrogen) atoms. The lowest BCUT2D eigenvalue weighted by molar-refractivity contribution is -0.138. The van der Waals surface area contributed by atoms with Crippen molar-refractivity contribution in [2.24, 2.45) is 0 Å². The van der Waals surface area contributed by atoms with E-state index in [4.69, 9.17) is 16.6 Å². The molecule has 0 aliphatic heterocycles. The minimum absolute atomic E-state index is 0.237. The van der Waals surface area contributed by atoms with Gasteiger partial charge in [-0.05, 0) is 34.7 Å². The van der Waals surface area contributed by atoms with Crippen molar-refractivity contribution in [3.8, 4) is 22.5 Å². The highest BCUT2D eigenvalue weighted by molar-refractivity contribution is 6.30. The lowest BCUT2D eigenvalue weighted by Gasteiger charge is -2.17. The normalized spacial score (nSPS) is 12.0. The van der Waals surface area contributed by atoms with Crippen LogP contribution in [0.3, 0.4) is 0 Å². The molecule has 0 spiro atoms. The Kier molecular flexibility index (Phi) is 7.82. The standard InChI is InChI=1S/C26H27ClN6O2/c1-3-5-10-22-28-21(23(24(27)29-22)18(4-2)26(34)35)15-16-11-13-17(14-12-16)19-8-6-7-9-20(19)25-30-32-33-31-25/h6-9,11-14,18H,3-5,10,15H2,1-2H3,(H,34,35)(H,30,31,32,33). The lowest BCUT2D eigenvalue weighted by Crippen LogP contribution is -2.17.